The maximum atomic E-state index is 12.3. The molecule has 0 amide bonds. The predicted octanol–water partition coefficient (Wildman–Crippen LogP) is 3.54. The standard InChI is InChI=1S/C32H42O10/c1-6-17-36-29-28(26(20(2)39-31(29)34)38-19-24-15-11-8-12-16-24)42-32-30(41-22(4)33)27(35-5)25(21(3)40-32)37-18-23-13-9-7-10-14-23/h6-16,20-21,25-32,34H,1,17-19H2,2-5H3/t20-,21-,25-,26-,27+,28+,29+,30+,31+,32-/m0/s1. The molecule has 2 fully saturated rings. The fraction of sp³-hybridized carbons (Fsp3) is 0.531. The highest BCUT2D eigenvalue weighted by Crippen LogP contribution is 2.34. The Bertz CT molecular complexity index is 1100. The van der Waals surface area contributed by atoms with Crippen LogP contribution in [0.25, 0.3) is 0 Å². The molecule has 42 heavy (non-hydrogen) atoms. The van der Waals surface area contributed by atoms with Crippen molar-refractivity contribution in [2.75, 3.05) is 13.7 Å². The lowest BCUT2D eigenvalue weighted by Gasteiger charge is -2.48. The van der Waals surface area contributed by atoms with Gasteiger partial charge < -0.3 is 43.0 Å². The van der Waals surface area contributed by atoms with E-state index in [4.69, 9.17) is 37.9 Å². The van der Waals surface area contributed by atoms with E-state index in [0.717, 1.165) is 11.1 Å². The van der Waals surface area contributed by atoms with Gasteiger partial charge in [0, 0.05) is 14.0 Å². The summed E-state index contributed by atoms with van der Waals surface area (Å²) < 4.78 is 48.7. The van der Waals surface area contributed by atoms with Crippen LogP contribution in [0.2, 0.25) is 0 Å². The number of carbonyl (C=O) groups excluding carboxylic acids is 1. The minimum atomic E-state index is -1.31. The van der Waals surface area contributed by atoms with Crippen molar-refractivity contribution in [3.63, 3.8) is 0 Å². The van der Waals surface area contributed by atoms with E-state index in [2.05, 4.69) is 6.58 Å². The van der Waals surface area contributed by atoms with E-state index in [-0.39, 0.29) is 13.2 Å². The second-order valence-corrected chi connectivity index (χ2v) is 10.4. The predicted molar refractivity (Wildman–Crippen MR) is 152 cm³/mol. The third-order valence-electron chi connectivity index (χ3n) is 7.32. The summed E-state index contributed by atoms with van der Waals surface area (Å²) in [7, 11) is 1.52. The van der Waals surface area contributed by atoms with Gasteiger partial charge in [-0.15, -0.1) is 6.58 Å². The first-order valence-corrected chi connectivity index (χ1v) is 14.2. The van der Waals surface area contributed by atoms with E-state index in [1.807, 2.05) is 67.6 Å². The first kappa shape index (κ1) is 32.2. The summed E-state index contributed by atoms with van der Waals surface area (Å²) in [5.41, 5.74) is 1.93. The molecule has 0 unspecified atom stereocenters. The SMILES string of the molecule is C=CCO[C@@H]1[C@H](O[C@@H]2O[C@@H](C)[C@H](OCc3ccccc3)[C@@H](OC)[C@H]2OC(C)=O)[C@@H](OCc2ccccc2)[C@H](C)O[C@H]1O. The van der Waals surface area contributed by atoms with Crippen LogP contribution in [0, 0.1) is 0 Å². The van der Waals surface area contributed by atoms with Gasteiger partial charge in [0.25, 0.3) is 0 Å². The third-order valence-corrected chi connectivity index (χ3v) is 7.32. The summed E-state index contributed by atoms with van der Waals surface area (Å²) in [4.78, 5) is 12.3. The van der Waals surface area contributed by atoms with Crippen LogP contribution < -0.4 is 0 Å². The molecule has 0 radical (unpaired) electrons. The number of rotatable bonds is 13. The number of ether oxygens (including phenoxy) is 8. The quantitative estimate of drug-likeness (QED) is 0.276. The van der Waals surface area contributed by atoms with Crippen LogP contribution in [0.1, 0.15) is 31.9 Å². The highest BCUT2D eigenvalue weighted by Gasteiger charge is 2.53. The van der Waals surface area contributed by atoms with Crippen LogP contribution in [0.3, 0.4) is 0 Å². The monoisotopic (exact) mass is 586 g/mol. The molecule has 230 valence electrons. The number of carbonyl (C=O) groups is 1. The van der Waals surface area contributed by atoms with Crippen molar-refractivity contribution in [3.8, 4) is 0 Å². The van der Waals surface area contributed by atoms with Gasteiger partial charge in [0.1, 0.15) is 30.5 Å². The second-order valence-electron chi connectivity index (χ2n) is 10.4. The molecule has 0 aliphatic carbocycles. The molecule has 0 bridgehead atoms. The van der Waals surface area contributed by atoms with Gasteiger partial charge in [-0.05, 0) is 25.0 Å². The Morgan fingerprint density at radius 2 is 1.36 bits per heavy atom. The van der Waals surface area contributed by atoms with Crippen molar-refractivity contribution in [2.45, 2.75) is 95.4 Å². The highest BCUT2D eigenvalue weighted by molar-refractivity contribution is 5.66. The number of aliphatic hydroxyl groups excluding tert-OH is 1. The van der Waals surface area contributed by atoms with Gasteiger partial charge in [0.2, 0.25) is 0 Å². The average molecular weight is 587 g/mol. The van der Waals surface area contributed by atoms with Crippen molar-refractivity contribution >= 4 is 5.97 Å². The largest absolute Gasteiger partial charge is 0.454 e. The lowest BCUT2D eigenvalue weighted by Crippen LogP contribution is -2.65. The van der Waals surface area contributed by atoms with Crippen LogP contribution in [-0.2, 0) is 55.9 Å². The molecule has 2 aliphatic rings. The molecule has 2 heterocycles. The van der Waals surface area contributed by atoms with Gasteiger partial charge in [-0.2, -0.15) is 0 Å². The van der Waals surface area contributed by atoms with E-state index in [0.29, 0.717) is 6.61 Å². The summed E-state index contributed by atoms with van der Waals surface area (Å²) in [5.74, 6) is -0.535. The first-order valence-electron chi connectivity index (χ1n) is 14.2. The molecule has 10 atom stereocenters. The van der Waals surface area contributed by atoms with Gasteiger partial charge in [-0.1, -0.05) is 66.7 Å². The van der Waals surface area contributed by atoms with Gasteiger partial charge in [0.15, 0.2) is 18.7 Å². The van der Waals surface area contributed by atoms with Gasteiger partial charge in [-0.3, -0.25) is 4.79 Å². The zero-order valence-corrected chi connectivity index (χ0v) is 24.6. The summed E-state index contributed by atoms with van der Waals surface area (Å²) in [6.07, 6.45) is -6.69. The molecule has 0 saturated carbocycles. The average Bonchev–Trinajstić information content (AvgIpc) is 2.98. The Balaban J connectivity index is 1.59. The van der Waals surface area contributed by atoms with Crippen LogP contribution in [0.5, 0.6) is 0 Å². The van der Waals surface area contributed by atoms with Crippen LogP contribution in [0.15, 0.2) is 73.3 Å². The molecule has 1 N–H and O–H groups in total. The molecule has 2 aliphatic heterocycles. The van der Waals surface area contributed by atoms with Crippen molar-refractivity contribution in [1.29, 1.82) is 0 Å². The molecule has 2 aromatic rings. The van der Waals surface area contributed by atoms with Gasteiger partial charge >= 0.3 is 5.97 Å². The second kappa shape index (κ2) is 15.7. The Hall–Kier alpha value is -2.67. The Labute approximate surface area is 247 Å². The van der Waals surface area contributed by atoms with E-state index in [1.54, 1.807) is 13.0 Å². The van der Waals surface area contributed by atoms with Crippen molar-refractivity contribution in [2.24, 2.45) is 0 Å². The number of esters is 1. The van der Waals surface area contributed by atoms with Crippen molar-refractivity contribution in [3.05, 3.63) is 84.4 Å². The minimum Gasteiger partial charge on any atom is -0.454 e. The number of methoxy groups -OCH3 is 1. The molecule has 10 nitrogen and oxygen atoms in total. The van der Waals surface area contributed by atoms with E-state index in [1.165, 1.54) is 14.0 Å². The Morgan fingerprint density at radius 1 is 0.810 bits per heavy atom. The molecular formula is C32H42O10. The van der Waals surface area contributed by atoms with Crippen LogP contribution in [0.4, 0.5) is 0 Å². The minimum absolute atomic E-state index is 0.135. The summed E-state index contributed by atoms with van der Waals surface area (Å²) >= 11 is 0. The molecule has 2 aromatic carbocycles. The van der Waals surface area contributed by atoms with Crippen LogP contribution in [-0.4, -0.2) is 86.2 Å². The fourth-order valence-electron chi connectivity index (χ4n) is 5.32. The lowest BCUT2D eigenvalue weighted by atomic mass is 9.96. The third kappa shape index (κ3) is 8.24. The summed E-state index contributed by atoms with van der Waals surface area (Å²) in [6, 6.07) is 19.4. The number of hydrogen-bond acceptors (Lipinski definition) is 10. The Morgan fingerprint density at radius 3 is 1.88 bits per heavy atom. The summed E-state index contributed by atoms with van der Waals surface area (Å²) in [6.45, 7) is 9.38. The zero-order chi connectivity index (χ0) is 30.1. The lowest BCUT2D eigenvalue weighted by molar-refractivity contribution is -0.361. The normalized spacial score (nSPS) is 33.2. The summed E-state index contributed by atoms with van der Waals surface area (Å²) in [5, 5.41) is 10.9. The smallest absolute Gasteiger partial charge is 0.303 e. The molecular weight excluding hydrogens is 544 g/mol. The van der Waals surface area contributed by atoms with Crippen molar-refractivity contribution < 1.29 is 47.8 Å². The van der Waals surface area contributed by atoms with Crippen molar-refractivity contribution in [1.82, 2.24) is 0 Å². The fourth-order valence-corrected chi connectivity index (χ4v) is 5.32. The maximum absolute atomic E-state index is 12.3. The molecule has 0 aromatic heterocycles. The zero-order valence-electron chi connectivity index (χ0n) is 24.6. The number of benzene rings is 2. The number of aliphatic hydroxyl groups is 1. The topological polar surface area (TPSA) is 111 Å². The first-order chi connectivity index (χ1) is 20.3. The maximum Gasteiger partial charge on any atom is 0.303 e. The Kier molecular flexibility index (Phi) is 12.1. The van der Waals surface area contributed by atoms with E-state index < -0.39 is 67.4 Å². The molecule has 2 saturated heterocycles. The van der Waals surface area contributed by atoms with E-state index >= 15 is 0 Å². The molecule has 10 heteroatoms. The molecule has 4 rings (SSSR count). The van der Waals surface area contributed by atoms with Gasteiger partial charge in [-0.25, -0.2) is 0 Å². The van der Waals surface area contributed by atoms with Gasteiger partial charge in [0.05, 0.1) is 32.0 Å². The van der Waals surface area contributed by atoms with E-state index in [9.17, 15) is 9.90 Å². The highest BCUT2D eigenvalue weighted by atomic mass is 16.7. The van der Waals surface area contributed by atoms with Crippen LogP contribution >= 0.6 is 0 Å². The molecule has 0 spiro atoms. The number of hydrogen-bond donors (Lipinski definition) is 1.